The van der Waals surface area contributed by atoms with Crippen LogP contribution in [0.1, 0.15) is 37.1 Å². The van der Waals surface area contributed by atoms with Gasteiger partial charge in [0, 0.05) is 18.2 Å². The standard InChI is InChI=1S/C15H19F2N3/c1-10(2)18-8-12-9-19-20(14(12)15(16)17)13-6-4-5-11(3)7-13/h4-7,9-10,15,18H,8H2,1-3H3. The number of hydrogen-bond acceptors (Lipinski definition) is 2. The highest BCUT2D eigenvalue weighted by molar-refractivity contribution is 5.38. The third-order valence-electron chi connectivity index (χ3n) is 3.04. The number of alkyl halides is 2. The highest BCUT2D eigenvalue weighted by Crippen LogP contribution is 2.26. The number of aromatic nitrogens is 2. The van der Waals surface area contributed by atoms with E-state index < -0.39 is 6.43 Å². The maximum atomic E-state index is 13.3. The van der Waals surface area contributed by atoms with Gasteiger partial charge < -0.3 is 5.32 Å². The van der Waals surface area contributed by atoms with Gasteiger partial charge in [-0.25, -0.2) is 13.5 Å². The lowest BCUT2D eigenvalue weighted by atomic mass is 10.2. The fraction of sp³-hybridized carbons (Fsp3) is 0.400. The van der Waals surface area contributed by atoms with Crippen molar-refractivity contribution in [1.29, 1.82) is 0 Å². The van der Waals surface area contributed by atoms with Gasteiger partial charge in [-0.05, 0) is 24.6 Å². The minimum absolute atomic E-state index is 0.0382. The predicted molar refractivity (Wildman–Crippen MR) is 75.2 cm³/mol. The first kappa shape index (κ1) is 14.7. The number of nitrogens with one attached hydrogen (secondary N) is 1. The second kappa shape index (κ2) is 6.13. The number of benzene rings is 1. The Labute approximate surface area is 117 Å². The molecule has 1 N–H and O–H groups in total. The summed E-state index contributed by atoms with van der Waals surface area (Å²) in [6, 6.07) is 7.64. The van der Waals surface area contributed by atoms with E-state index in [2.05, 4.69) is 10.4 Å². The molecule has 1 aromatic carbocycles. The zero-order valence-electron chi connectivity index (χ0n) is 11.9. The van der Waals surface area contributed by atoms with E-state index in [4.69, 9.17) is 0 Å². The molecule has 108 valence electrons. The molecular weight excluding hydrogens is 260 g/mol. The average Bonchev–Trinajstić information content (AvgIpc) is 2.80. The number of rotatable bonds is 5. The van der Waals surface area contributed by atoms with Crippen molar-refractivity contribution < 1.29 is 8.78 Å². The Morgan fingerprint density at radius 3 is 2.65 bits per heavy atom. The Hall–Kier alpha value is -1.75. The van der Waals surface area contributed by atoms with E-state index in [9.17, 15) is 8.78 Å². The van der Waals surface area contributed by atoms with Gasteiger partial charge in [-0.15, -0.1) is 0 Å². The second-order valence-electron chi connectivity index (χ2n) is 5.14. The molecule has 20 heavy (non-hydrogen) atoms. The summed E-state index contributed by atoms with van der Waals surface area (Å²) in [5.41, 5.74) is 2.18. The van der Waals surface area contributed by atoms with Crippen LogP contribution in [0.3, 0.4) is 0 Å². The summed E-state index contributed by atoms with van der Waals surface area (Å²) >= 11 is 0. The van der Waals surface area contributed by atoms with Gasteiger partial charge in [0.1, 0.15) is 5.69 Å². The topological polar surface area (TPSA) is 29.9 Å². The first-order chi connectivity index (χ1) is 9.49. The van der Waals surface area contributed by atoms with E-state index in [1.165, 1.54) is 10.9 Å². The molecule has 5 heteroatoms. The van der Waals surface area contributed by atoms with Crippen molar-refractivity contribution in [2.45, 2.75) is 39.8 Å². The Kier molecular flexibility index (Phi) is 4.49. The quantitative estimate of drug-likeness (QED) is 0.906. The third-order valence-corrected chi connectivity index (χ3v) is 3.04. The molecule has 1 heterocycles. The van der Waals surface area contributed by atoms with Crippen molar-refractivity contribution >= 4 is 0 Å². The maximum Gasteiger partial charge on any atom is 0.280 e. The molecule has 3 nitrogen and oxygen atoms in total. The van der Waals surface area contributed by atoms with Crippen LogP contribution >= 0.6 is 0 Å². The molecule has 0 bridgehead atoms. The fourth-order valence-corrected chi connectivity index (χ4v) is 2.04. The summed E-state index contributed by atoms with van der Waals surface area (Å²) in [6.45, 7) is 6.28. The summed E-state index contributed by atoms with van der Waals surface area (Å²) in [4.78, 5) is 0. The van der Waals surface area contributed by atoms with Crippen LogP contribution < -0.4 is 5.32 Å². The molecule has 0 aliphatic rings. The molecule has 0 radical (unpaired) electrons. The van der Waals surface area contributed by atoms with Crippen LogP contribution in [-0.2, 0) is 6.54 Å². The Bertz CT molecular complexity index is 576. The Morgan fingerprint density at radius 2 is 2.05 bits per heavy atom. The fourth-order valence-electron chi connectivity index (χ4n) is 2.04. The van der Waals surface area contributed by atoms with Gasteiger partial charge in [-0.2, -0.15) is 5.10 Å². The molecule has 0 atom stereocenters. The SMILES string of the molecule is Cc1cccc(-n2ncc(CNC(C)C)c2C(F)F)c1. The smallest absolute Gasteiger partial charge is 0.280 e. The van der Waals surface area contributed by atoms with E-state index in [0.717, 1.165) is 5.56 Å². The van der Waals surface area contributed by atoms with Gasteiger partial charge in [0.25, 0.3) is 6.43 Å². The maximum absolute atomic E-state index is 13.3. The number of aryl methyl sites for hydroxylation is 1. The first-order valence-corrected chi connectivity index (χ1v) is 6.64. The van der Waals surface area contributed by atoms with Crippen molar-refractivity contribution in [1.82, 2.24) is 15.1 Å². The molecule has 1 aromatic heterocycles. The normalized spacial score (nSPS) is 11.6. The Morgan fingerprint density at radius 1 is 1.30 bits per heavy atom. The van der Waals surface area contributed by atoms with Crippen LogP contribution in [0.2, 0.25) is 0 Å². The van der Waals surface area contributed by atoms with Crippen LogP contribution in [0.25, 0.3) is 5.69 Å². The van der Waals surface area contributed by atoms with Gasteiger partial charge in [0.2, 0.25) is 0 Å². The molecule has 2 aromatic rings. The molecule has 0 spiro atoms. The van der Waals surface area contributed by atoms with E-state index in [-0.39, 0.29) is 11.7 Å². The molecule has 0 aliphatic heterocycles. The molecule has 0 aliphatic carbocycles. The van der Waals surface area contributed by atoms with Gasteiger partial charge in [0.05, 0.1) is 11.9 Å². The van der Waals surface area contributed by atoms with E-state index in [1.807, 2.05) is 39.0 Å². The Balaban J connectivity index is 2.39. The lowest BCUT2D eigenvalue weighted by Crippen LogP contribution is -2.22. The van der Waals surface area contributed by atoms with E-state index >= 15 is 0 Å². The van der Waals surface area contributed by atoms with Crippen molar-refractivity contribution in [3.8, 4) is 5.69 Å². The monoisotopic (exact) mass is 279 g/mol. The predicted octanol–water partition coefficient (Wildman–Crippen LogP) is 3.62. The molecular formula is C15H19F2N3. The van der Waals surface area contributed by atoms with Crippen LogP contribution in [0.15, 0.2) is 30.5 Å². The van der Waals surface area contributed by atoms with Crippen LogP contribution in [-0.4, -0.2) is 15.8 Å². The van der Waals surface area contributed by atoms with Crippen molar-refractivity contribution in [3.05, 3.63) is 47.3 Å². The van der Waals surface area contributed by atoms with Gasteiger partial charge in [-0.3, -0.25) is 0 Å². The van der Waals surface area contributed by atoms with Crippen molar-refractivity contribution in [3.63, 3.8) is 0 Å². The van der Waals surface area contributed by atoms with E-state index in [0.29, 0.717) is 17.8 Å². The molecule has 2 rings (SSSR count). The number of nitrogens with zero attached hydrogens (tertiary/aromatic N) is 2. The zero-order chi connectivity index (χ0) is 14.7. The largest absolute Gasteiger partial charge is 0.310 e. The van der Waals surface area contributed by atoms with Gasteiger partial charge in [0.15, 0.2) is 0 Å². The zero-order valence-corrected chi connectivity index (χ0v) is 11.9. The van der Waals surface area contributed by atoms with Gasteiger partial charge >= 0.3 is 0 Å². The summed E-state index contributed by atoms with van der Waals surface area (Å²) in [6.07, 6.45) is -1.04. The molecule has 0 saturated heterocycles. The van der Waals surface area contributed by atoms with Crippen molar-refractivity contribution in [2.75, 3.05) is 0 Å². The highest BCUT2D eigenvalue weighted by Gasteiger charge is 2.20. The van der Waals surface area contributed by atoms with Crippen LogP contribution in [0.5, 0.6) is 0 Å². The summed E-state index contributed by atoms with van der Waals surface area (Å²) in [5.74, 6) is 0. The average molecular weight is 279 g/mol. The minimum Gasteiger partial charge on any atom is -0.310 e. The third kappa shape index (κ3) is 3.22. The van der Waals surface area contributed by atoms with Gasteiger partial charge in [-0.1, -0.05) is 26.0 Å². The van der Waals surface area contributed by atoms with Crippen LogP contribution in [0, 0.1) is 6.92 Å². The number of halogens is 2. The van der Waals surface area contributed by atoms with Crippen molar-refractivity contribution in [2.24, 2.45) is 0 Å². The lowest BCUT2D eigenvalue weighted by molar-refractivity contribution is 0.141. The summed E-state index contributed by atoms with van der Waals surface area (Å²) < 4.78 is 28.0. The van der Waals surface area contributed by atoms with E-state index in [1.54, 1.807) is 6.07 Å². The molecule has 0 fully saturated rings. The lowest BCUT2D eigenvalue weighted by Gasteiger charge is -2.11. The first-order valence-electron chi connectivity index (χ1n) is 6.64. The van der Waals surface area contributed by atoms with Crippen LogP contribution in [0.4, 0.5) is 8.78 Å². The summed E-state index contributed by atoms with van der Waals surface area (Å²) in [7, 11) is 0. The second-order valence-corrected chi connectivity index (χ2v) is 5.14. The molecule has 0 amide bonds. The molecule has 0 saturated carbocycles. The molecule has 0 unspecified atom stereocenters. The summed E-state index contributed by atoms with van der Waals surface area (Å²) in [5, 5.41) is 7.27. The number of hydrogen-bond donors (Lipinski definition) is 1. The highest BCUT2D eigenvalue weighted by atomic mass is 19.3. The minimum atomic E-state index is -2.55.